The van der Waals surface area contributed by atoms with Gasteiger partial charge in [0, 0.05) is 11.1 Å². The van der Waals surface area contributed by atoms with Crippen molar-refractivity contribution < 1.29 is 4.42 Å². The molecule has 1 heterocycles. The molecule has 0 saturated heterocycles. The fourth-order valence-electron chi connectivity index (χ4n) is 3.48. The van der Waals surface area contributed by atoms with Crippen LogP contribution in [0.4, 0.5) is 0 Å². The Morgan fingerprint density at radius 2 is 1.30 bits per heavy atom. The van der Waals surface area contributed by atoms with Crippen LogP contribution < -0.4 is 0 Å². The van der Waals surface area contributed by atoms with E-state index in [1.807, 2.05) is 48.5 Å². The zero-order chi connectivity index (χ0) is 18.2. The Kier molecular flexibility index (Phi) is 3.58. The maximum atomic E-state index is 6.11. The van der Waals surface area contributed by atoms with E-state index in [-0.39, 0.29) is 0 Å². The summed E-state index contributed by atoms with van der Waals surface area (Å²) < 4.78 is 6.11. The Bertz CT molecular complexity index is 1300. The summed E-state index contributed by atoms with van der Waals surface area (Å²) in [5.74, 6) is 1.03. The molecule has 0 spiro atoms. The zero-order valence-corrected chi connectivity index (χ0v) is 14.6. The van der Waals surface area contributed by atoms with E-state index < -0.39 is 0 Å². The van der Waals surface area contributed by atoms with E-state index in [1.54, 1.807) is 0 Å². The van der Waals surface area contributed by atoms with Gasteiger partial charge >= 0.3 is 0 Å². The third-order valence-electron chi connectivity index (χ3n) is 4.80. The lowest BCUT2D eigenvalue weighted by Gasteiger charge is -2.05. The summed E-state index contributed by atoms with van der Waals surface area (Å²) in [4.78, 5) is 0. The van der Waals surface area contributed by atoms with Gasteiger partial charge in [0.2, 0.25) is 11.8 Å². The number of hydrogen-bond donors (Lipinski definition) is 0. The van der Waals surface area contributed by atoms with Crippen LogP contribution in [-0.2, 0) is 0 Å². The van der Waals surface area contributed by atoms with Crippen molar-refractivity contribution >= 4 is 27.6 Å². The Balaban J connectivity index is 1.70. The first-order chi connectivity index (χ1) is 13.3. The smallest absolute Gasteiger partial charge is 0.248 e. The van der Waals surface area contributed by atoms with E-state index in [2.05, 4.69) is 53.2 Å². The normalized spacial score (nSPS) is 11.1. The molecular weight excluding hydrogens is 332 g/mol. The molecule has 0 radical (unpaired) electrons. The van der Waals surface area contributed by atoms with Gasteiger partial charge in [-0.05, 0) is 45.3 Å². The number of hydrogen-bond acceptors (Lipinski definition) is 3. The topological polar surface area (TPSA) is 38.9 Å². The van der Waals surface area contributed by atoms with E-state index in [0.717, 1.165) is 38.2 Å². The summed E-state index contributed by atoms with van der Waals surface area (Å²) in [6.07, 6.45) is 1.83. The SMILES string of the molecule is C=Cc1cc(-c2nnc(-c3cccc4ccccc34)o2)c2ccccc2c1. The maximum Gasteiger partial charge on any atom is 0.248 e. The van der Waals surface area contributed by atoms with Crippen LogP contribution >= 0.6 is 0 Å². The average Bonchev–Trinajstić information content (AvgIpc) is 3.22. The van der Waals surface area contributed by atoms with Crippen LogP contribution in [0.2, 0.25) is 0 Å². The van der Waals surface area contributed by atoms with Gasteiger partial charge in [-0.3, -0.25) is 0 Å². The molecule has 5 rings (SSSR count). The van der Waals surface area contributed by atoms with Crippen LogP contribution in [0, 0.1) is 0 Å². The standard InChI is InChI=1S/C24H16N2O/c1-2-16-14-18-9-4-6-12-20(18)22(15-16)24-26-25-23(27-24)21-13-7-10-17-8-3-5-11-19(17)21/h2-15H,1H2. The summed E-state index contributed by atoms with van der Waals surface area (Å²) in [6.45, 7) is 3.89. The van der Waals surface area contributed by atoms with Crippen molar-refractivity contribution in [1.29, 1.82) is 0 Å². The molecule has 0 N–H and O–H groups in total. The second-order valence-electron chi connectivity index (χ2n) is 6.43. The van der Waals surface area contributed by atoms with Gasteiger partial charge in [0.25, 0.3) is 0 Å². The molecule has 128 valence electrons. The van der Waals surface area contributed by atoms with Crippen LogP contribution in [0.3, 0.4) is 0 Å². The molecule has 0 amide bonds. The molecule has 0 aliphatic heterocycles. The summed E-state index contributed by atoms with van der Waals surface area (Å²) in [6, 6.07) is 26.6. The van der Waals surface area contributed by atoms with Gasteiger partial charge in [0.15, 0.2) is 0 Å². The molecule has 0 aliphatic carbocycles. The van der Waals surface area contributed by atoms with Crippen molar-refractivity contribution in [2.45, 2.75) is 0 Å². The number of aromatic nitrogens is 2. The molecule has 0 saturated carbocycles. The van der Waals surface area contributed by atoms with Crippen LogP contribution in [0.1, 0.15) is 5.56 Å². The van der Waals surface area contributed by atoms with E-state index in [4.69, 9.17) is 4.42 Å². The molecule has 5 aromatic rings. The van der Waals surface area contributed by atoms with Crippen molar-refractivity contribution in [3.63, 3.8) is 0 Å². The highest BCUT2D eigenvalue weighted by Gasteiger charge is 2.15. The van der Waals surface area contributed by atoms with Crippen LogP contribution in [0.15, 0.2) is 89.9 Å². The minimum atomic E-state index is 0.512. The Morgan fingerprint density at radius 3 is 2.07 bits per heavy atom. The fraction of sp³-hybridized carbons (Fsp3) is 0. The summed E-state index contributed by atoms with van der Waals surface area (Å²) in [5, 5.41) is 13.1. The first kappa shape index (κ1) is 15.5. The quantitative estimate of drug-likeness (QED) is 0.381. The fourth-order valence-corrected chi connectivity index (χ4v) is 3.48. The second kappa shape index (κ2) is 6.22. The lowest BCUT2D eigenvalue weighted by Crippen LogP contribution is -1.84. The van der Waals surface area contributed by atoms with Gasteiger partial charge in [-0.25, -0.2) is 0 Å². The Morgan fingerprint density at radius 1 is 0.667 bits per heavy atom. The van der Waals surface area contributed by atoms with Gasteiger partial charge in [0.05, 0.1) is 0 Å². The van der Waals surface area contributed by atoms with Crippen LogP contribution in [-0.4, -0.2) is 10.2 Å². The van der Waals surface area contributed by atoms with Gasteiger partial charge in [0.1, 0.15) is 0 Å². The van der Waals surface area contributed by atoms with E-state index in [9.17, 15) is 0 Å². The third kappa shape index (κ3) is 2.61. The first-order valence-corrected chi connectivity index (χ1v) is 8.81. The number of fused-ring (bicyclic) bond motifs is 2. The Hall–Kier alpha value is -3.72. The maximum absolute atomic E-state index is 6.11. The summed E-state index contributed by atoms with van der Waals surface area (Å²) in [5.41, 5.74) is 2.88. The van der Waals surface area contributed by atoms with Crippen molar-refractivity contribution in [2.75, 3.05) is 0 Å². The highest BCUT2D eigenvalue weighted by atomic mass is 16.4. The third-order valence-corrected chi connectivity index (χ3v) is 4.80. The van der Waals surface area contributed by atoms with E-state index in [0.29, 0.717) is 11.8 Å². The molecule has 4 aromatic carbocycles. The van der Waals surface area contributed by atoms with Crippen LogP contribution in [0.5, 0.6) is 0 Å². The molecule has 0 fully saturated rings. The van der Waals surface area contributed by atoms with Crippen molar-refractivity contribution in [3.05, 3.63) is 91.0 Å². The number of rotatable bonds is 3. The number of benzene rings is 4. The lowest BCUT2D eigenvalue weighted by molar-refractivity contribution is 0.586. The van der Waals surface area contributed by atoms with Crippen LogP contribution in [0.25, 0.3) is 50.5 Å². The highest BCUT2D eigenvalue weighted by molar-refractivity contribution is 5.97. The molecule has 0 bridgehead atoms. The van der Waals surface area contributed by atoms with Gasteiger partial charge in [-0.15, -0.1) is 10.2 Å². The summed E-state index contributed by atoms with van der Waals surface area (Å²) in [7, 11) is 0. The van der Waals surface area contributed by atoms with Gasteiger partial charge < -0.3 is 4.42 Å². The monoisotopic (exact) mass is 348 g/mol. The largest absolute Gasteiger partial charge is 0.416 e. The Labute approximate surface area is 156 Å². The zero-order valence-electron chi connectivity index (χ0n) is 14.6. The van der Waals surface area contributed by atoms with Gasteiger partial charge in [-0.1, -0.05) is 73.3 Å². The molecule has 1 aromatic heterocycles. The van der Waals surface area contributed by atoms with E-state index >= 15 is 0 Å². The molecule has 0 unspecified atom stereocenters. The first-order valence-electron chi connectivity index (χ1n) is 8.81. The second-order valence-corrected chi connectivity index (χ2v) is 6.43. The molecule has 27 heavy (non-hydrogen) atoms. The average molecular weight is 348 g/mol. The highest BCUT2D eigenvalue weighted by Crippen LogP contribution is 2.33. The lowest BCUT2D eigenvalue weighted by atomic mass is 10.0. The molecule has 3 heteroatoms. The van der Waals surface area contributed by atoms with E-state index in [1.165, 1.54) is 0 Å². The number of nitrogens with zero attached hydrogens (tertiary/aromatic N) is 2. The predicted molar refractivity (Wildman–Crippen MR) is 110 cm³/mol. The van der Waals surface area contributed by atoms with Crippen molar-refractivity contribution in [3.8, 4) is 22.9 Å². The van der Waals surface area contributed by atoms with Crippen molar-refractivity contribution in [1.82, 2.24) is 10.2 Å². The summed E-state index contributed by atoms with van der Waals surface area (Å²) >= 11 is 0. The minimum Gasteiger partial charge on any atom is -0.416 e. The molecular formula is C24H16N2O. The molecule has 0 atom stereocenters. The molecule has 3 nitrogen and oxygen atoms in total. The minimum absolute atomic E-state index is 0.512. The van der Waals surface area contributed by atoms with Gasteiger partial charge in [-0.2, -0.15) is 0 Å². The van der Waals surface area contributed by atoms with Crippen molar-refractivity contribution in [2.24, 2.45) is 0 Å². The molecule has 0 aliphatic rings. The predicted octanol–water partition coefficient (Wildman–Crippen LogP) is 6.35.